The molecule has 0 saturated heterocycles. The van der Waals surface area contributed by atoms with Crippen molar-refractivity contribution in [1.29, 1.82) is 0 Å². The summed E-state index contributed by atoms with van der Waals surface area (Å²) in [5.74, 6) is -1.01. The highest BCUT2D eigenvalue weighted by Gasteiger charge is 2.37. The van der Waals surface area contributed by atoms with Crippen LogP contribution in [0.1, 0.15) is 56.4 Å². The molecule has 0 spiro atoms. The predicted molar refractivity (Wildman–Crippen MR) is 112 cm³/mol. The molecule has 1 aliphatic carbocycles. The number of nitrogen functional groups attached to an aromatic ring is 1. The maximum absolute atomic E-state index is 13.2. The van der Waals surface area contributed by atoms with Crippen molar-refractivity contribution < 1.29 is 22.8 Å². The van der Waals surface area contributed by atoms with E-state index in [4.69, 9.17) is 5.73 Å². The maximum atomic E-state index is 13.2. The summed E-state index contributed by atoms with van der Waals surface area (Å²) in [5.41, 5.74) is 5.96. The van der Waals surface area contributed by atoms with Crippen LogP contribution in [0.25, 0.3) is 0 Å². The van der Waals surface area contributed by atoms with Gasteiger partial charge in [-0.3, -0.25) is 14.6 Å². The number of aromatic nitrogens is 2. The average molecular weight is 493 g/mol. The van der Waals surface area contributed by atoms with Crippen LogP contribution in [0.15, 0.2) is 47.2 Å². The van der Waals surface area contributed by atoms with Crippen molar-refractivity contribution in [2.75, 3.05) is 11.1 Å². The molecule has 1 saturated carbocycles. The number of aromatic amines is 1. The summed E-state index contributed by atoms with van der Waals surface area (Å²) >= 11 is 3.41. The molecule has 0 bridgehead atoms. The van der Waals surface area contributed by atoms with E-state index in [1.165, 1.54) is 18.3 Å². The minimum atomic E-state index is -4.78. The minimum Gasteiger partial charge on any atom is -0.397 e. The van der Waals surface area contributed by atoms with Gasteiger partial charge in [0.2, 0.25) is 0 Å². The van der Waals surface area contributed by atoms with Gasteiger partial charge in [-0.1, -0.05) is 0 Å². The highest BCUT2D eigenvalue weighted by atomic mass is 79.9. The molecule has 160 valence electrons. The van der Waals surface area contributed by atoms with E-state index in [2.05, 4.69) is 31.2 Å². The second kappa shape index (κ2) is 7.84. The van der Waals surface area contributed by atoms with Crippen LogP contribution in [0.2, 0.25) is 0 Å². The van der Waals surface area contributed by atoms with E-state index >= 15 is 0 Å². The number of nitrogens with two attached hydrogens (primary N) is 1. The van der Waals surface area contributed by atoms with Crippen molar-refractivity contribution in [2.45, 2.75) is 24.9 Å². The highest BCUT2D eigenvalue weighted by Crippen LogP contribution is 2.43. The van der Waals surface area contributed by atoms with Crippen molar-refractivity contribution in [3.63, 3.8) is 0 Å². The Bertz CT molecular complexity index is 1160. The number of ketones is 1. The molecule has 0 unspecified atom stereocenters. The Morgan fingerprint density at radius 2 is 1.97 bits per heavy atom. The molecular formula is C21H16BrF3N4O2. The lowest BCUT2D eigenvalue weighted by Gasteiger charge is -2.12. The van der Waals surface area contributed by atoms with Crippen molar-refractivity contribution in [2.24, 2.45) is 0 Å². The van der Waals surface area contributed by atoms with Crippen LogP contribution < -0.4 is 11.1 Å². The van der Waals surface area contributed by atoms with Crippen LogP contribution in [-0.4, -0.2) is 21.7 Å². The van der Waals surface area contributed by atoms with Crippen LogP contribution >= 0.6 is 15.9 Å². The van der Waals surface area contributed by atoms with E-state index in [0.717, 1.165) is 30.7 Å². The fraction of sp³-hybridized carbons (Fsp3) is 0.190. The molecule has 10 heteroatoms. The van der Waals surface area contributed by atoms with Gasteiger partial charge in [-0.05, 0) is 70.6 Å². The SMILES string of the molecule is Nc1cc(C2CC2)cc(Br)c1NC(=O)c1cc(C(=O)c2cccnc2C(F)(F)F)c[nH]1. The number of pyridine rings is 1. The van der Waals surface area contributed by atoms with Crippen LogP contribution in [0.4, 0.5) is 24.5 Å². The Labute approximate surface area is 183 Å². The zero-order valence-electron chi connectivity index (χ0n) is 15.9. The van der Waals surface area contributed by atoms with Gasteiger partial charge in [0.15, 0.2) is 11.5 Å². The summed E-state index contributed by atoms with van der Waals surface area (Å²) in [6.07, 6.45) is -0.432. The van der Waals surface area contributed by atoms with E-state index in [9.17, 15) is 22.8 Å². The van der Waals surface area contributed by atoms with Gasteiger partial charge in [0.1, 0.15) is 5.69 Å². The van der Waals surface area contributed by atoms with E-state index < -0.39 is 29.1 Å². The van der Waals surface area contributed by atoms with Gasteiger partial charge in [-0.25, -0.2) is 0 Å². The third-order valence-electron chi connectivity index (χ3n) is 4.94. The predicted octanol–water partition coefficient (Wildman–Crippen LogP) is 5.13. The Balaban J connectivity index is 1.56. The van der Waals surface area contributed by atoms with Crippen molar-refractivity contribution in [3.8, 4) is 0 Å². The largest absolute Gasteiger partial charge is 0.434 e. The Morgan fingerprint density at radius 1 is 1.23 bits per heavy atom. The summed E-state index contributed by atoms with van der Waals surface area (Å²) in [6.45, 7) is 0. The number of anilines is 2. The first-order valence-corrected chi connectivity index (χ1v) is 10.1. The molecule has 0 aliphatic heterocycles. The number of rotatable bonds is 5. The minimum absolute atomic E-state index is 0.00151. The number of nitrogens with zero attached hydrogens (tertiary/aromatic N) is 1. The van der Waals surface area contributed by atoms with Crippen LogP contribution in [-0.2, 0) is 6.18 Å². The number of nitrogens with one attached hydrogen (secondary N) is 2. The number of benzene rings is 1. The quantitative estimate of drug-likeness (QED) is 0.339. The molecule has 0 radical (unpaired) electrons. The monoisotopic (exact) mass is 492 g/mol. The van der Waals surface area contributed by atoms with Gasteiger partial charge < -0.3 is 16.0 Å². The molecule has 31 heavy (non-hydrogen) atoms. The number of hydrogen-bond donors (Lipinski definition) is 3. The molecule has 0 atom stereocenters. The number of alkyl halides is 3. The van der Waals surface area contributed by atoms with E-state index in [-0.39, 0.29) is 11.3 Å². The summed E-state index contributed by atoms with van der Waals surface area (Å²) in [6, 6.07) is 7.18. The molecule has 2 heterocycles. The maximum Gasteiger partial charge on any atom is 0.434 e. The van der Waals surface area contributed by atoms with E-state index in [1.54, 1.807) is 0 Å². The second-order valence-corrected chi connectivity index (χ2v) is 8.08. The molecule has 1 aliphatic rings. The highest BCUT2D eigenvalue weighted by molar-refractivity contribution is 9.10. The normalized spacial score (nSPS) is 13.8. The number of halogens is 4. The molecule has 3 aromatic rings. The Hall–Kier alpha value is -3.14. The van der Waals surface area contributed by atoms with Crippen molar-refractivity contribution >= 4 is 39.0 Å². The first kappa shape index (κ1) is 21.1. The van der Waals surface area contributed by atoms with Gasteiger partial charge in [0.05, 0.1) is 16.9 Å². The number of carbonyl (C=O) groups excluding carboxylic acids is 2. The van der Waals surface area contributed by atoms with Crippen molar-refractivity contribution in [3.05, 3.63) is 75.3 Å². The lowest BCUT2D eigenvalue weighted by Crippen LogP contribution is -2.16. The summed E-state index contributed by atoms with van der Waals surface area (Å²) in [7, 11) is 0. The number of amides is 1. The fourth-order valence-corrected chi connectivity index (χ4v) is 3.83. The first-order chi connectivity index (χ1) is 14.6. The van der Waals surface area contributed by atoms with Crippen LogP contribution in [0.3, 0.4) is 0 Å². The number of carbonyl (C=O) groups is 2. The Kier molecular flexibility index (Phi) is 5.34. The summed E-state index contributed by atoms with van der Waals surface area (Å²) in [4.78, 5) is 31.1. The topological polar surface area (TPSA) is 101 Å². The lowest BCUT2D eigenvalue weighted by atomic mass is 10.0. The third-order valence-corrected chi connectivity index (χ3v) is 5.57. The van der Waals surface area contributed by atoms with E-state index in [1.807, 2.05) is 12.1 Å². The van der Waals surface area contributed by atoms with Gasteiger partial charge in [-0.2, -0.15) is 13.2 Å². The standard InChI is InChI=1S/C21H16BrF3N4O2/c22-14-6-11(10-3-4-10)7-15(26)17(14)29-20(31)16-8-12(9-28-16)18(30)13-2-1-5-27-19(13)21(23,24)25/h1-2,5-10,28H,3-4,26H2,(H,29,31). The molecule has 4 N–H and O–H groups in total. The number of hydrogen-bond acceptors (Lipinski definition) is 4. The van der Waals surface area contributed by atoms with Gasteiger partial charge in [0, 0.05) is 22.4 Å². The Morgan fingerprint density at radius 3 is 2.61 bits per heavy atom. The molecule has 1 fully saturated rings. The molecule has 4 rings (SSSR count). The first-order valence-electron chi connectivity index (χ1n) is 9.30. The van der Waals surface area contributed by atoms with E-state index in [0.29, 0.717) is 21.8 Å². The van der Waals surface area contributed by atoms with Crippen LogP contribution in [0, 0.1) is 0 Å². The number of H-pyrrole nitrogens is 1. The molecule has 1 amide bonds. The fourth-order valence-electron chi connectivity index (χ4n) is 3.24. The third kappa shape index (κ3) is 4.34. The summed E-state index contributed by atoms with van der Waals surface area (Å²) < 4.78 is 40.1. The second-order valence-electron chi connectivity index (χ2n) is 7.22. The summed E-state index contributed by atoms with van der Waals surface area (Å²) in [5, 5.41) is 2.66. The molecule has 1 aromatic carbocycles. The van der Waals surface area contributed by atoms with Gasteiger partial charge in [-0.15, -0.1) is 0 Å². The molecular weight excluding hydrogens is 477 g/mol. The zero-order valence-corrected chi connectivity index (χ0v) is 17.5. The lowest BCUT2D eigenvalue weighted by molar-refractivity contribution is -0.141. The zero-order chi connectivity index (χ0) is 22.3. The van der Waals surface area contributed by atoms with Gasteiger partial charge >= 0.3 is 6.18 Å². The van der Waals surface area contributed by atoms with Crippen molar-refractivity contribution in [1.82, 2.24) is 9.97 Å². The smallest absolute Gasteiger partial charge is 0.397 e. The van der Waals surface area contributed by atoms with Gasteiger partial charge in [0.25, 0.3) is 5.91 Å². The molecule has 2 aromatic heterocycles. The molecule has 6 nitrogen and oxygen atoms in total. The average Bonchev–Trinajstić information content (AvgIpc) is 3.45. The van der Waals surface area contributed by atoms with Crippen LogP contribution in [0.5, 0.6) is 0 Å².